The van der Waals surface area contributed by atoms with Gasteiger partial charge in [-0.25, -0.2) is 0 Å². The minimum absolute atomic E-state index is 0.0226. The van der Waals surface area contributed by atoms with Gasteiger partial charge in [0.1, 0.15) is 12.4 Å². The quantitative estimate of drug-likeness (QED) is 0.670. The zero-order valence-corrected chi connectivity index (χ0v) is 16.8. The normalized spacial score (nSPS) is 17.1. The molecule has 1 saturated heterocycles. The molecular weight excluding hydrogens is 356 g/mol. The fourth-order valence-electron chi connectivity index (χ4n) is 2.70. The number of carbonyl (C=O) groups is 1. The molecule has 0 aliphatic carbocycles. The highest BCUT2D eigenvalue weighted by Gasteiger charge is 2.31. The third-order valence-corrected chi connectivity index (χ3v) is 5.25. The van der Waals surface area contributed by atoms with Crippen LogP contribution in [-0.2, 0) is 11.4 Å². The number of nitrogens with zero attached hydrogens (tertiary/aromatic N) is 2. The lowest BCUT2D eigenvalue weighted by molar-refractivity contribution is -0.122. The monoisotopic (exact) mass is 380 g/mol. The van der Waals surface area contributed by atoms with Gasteiger partial charge in [0.05, 0.1) is 4.91 Å². The van der Waals surface area contributed by atoms with Gasteiger partial charge in [0, 0.05) is 13.1 Å². The minimum Gasteiger partial charge on any atom is -0.489 e. The van der Waals surface area contributed by atoms with Crippen LogP contribution in [0.5, 0.6) is 5.75 Å². The molecule has 140 valence electrons. The van der Waals surface area contributed by atoms with Crippen molar-refractivity contribution in [2.45, 2.75) is 27.4 Å². The Bertz CT molecular complexity index is 855. The molecule has 0 aromatic heterocycles. The first kappa shape index (κ1) is 19.2. The van der Waals surface area contributed by atoms with Gasteiger partial charge in [0.15, 0.2) is 5.17 Å². The van der Waals surface area contributed by atoms with E-state index in [0.717, 1.165) is 22.0 Å². The number of ether oxygens (including phenoxy) is 1. The number of likely N-dealkylation sites (N-methyl/N-ethyl adjacent to an activating group) is 1. The number of benzene rings is 2. The number of aryl methyl sites for hydroxylation is 1. The number of thioether (sulfide) groups is 1. The van der Waals surface area contributed by atoms with Gasteiger partial charge in [-0.15, -0.1) is 0 Å². The van der Waals surface area contributed by atoms with Crippen molar-refractivity contribution < 1.29 is 9.53 Å². The first-order valence-electron chi connectivity index (χ1n) is 9.15. The predicted molar refractivity (Wildman–Crippen MR) is 113 cm³/mol. The van der Waals surface area contributed by atoms with E-state index in [0.29, 0.717) is 24.6 Å². The summed E-state index contributed by atoms with van der Waals surface area (Å²) in [5.41, 5.74) is 3.36. The molecule has 2 aromatic rings. The van der Waals surface area contributed by atoms with Crippen molar-refractivity contribution in [1.82, 2.24) is 4.90 Å². The number of hydrogen-bond donors (Lipinski definition) is 0. The standard InChI is InChI=1S/C22H24N2O2S/c1-4-23-22-24(5-2)21(25)20(27-22)14-17-10-12-19(13-11-17)26-15-18-8-6-16(3)7-9-18/h6-14H,4-5,15H2,1-3H3/b20-14+,23-22?. The number of aliphatic imine (C=N–C) groups is 1. The van der Waals surface area contributed by atoms with Gasteiger partial charge in [0.25, 0.3) is 5.91 Å². The molecule has 0 spiro atoms. The zero-order chi connectivity index (χ0) is 19.2. The van der Waals surface area contributed by atoms with Crippen molar-refractivity contribution in [2.75, 3.05) is 13.1 Å². The number of hydrogen-bond acceptors (Lipinski definition) is 4. The average Bonchev–Trinajstić information content (AvgIpc) is 2.97. The Hall–Kier alpha value is -2.53. The molecule has 2 aromatic carbocycles. The van der Waals surface area contributed by atoms with Crippen molar-refractivity contribution in [2.24, 2.45) is 4.99 Å². The Labute approximate surface area is 164 Å². The summed E-state index contributed by atoms with van der Waals surface area (Å²) in [7, 11) is 0. The highest BCUT2D eigenvalue weighted by atomic mass is 32.2. The lowest BCUT2D eigenvalue weighted by Gasteiger charge is -2.11. The highest BCUT2D eigenvalue weighted by Crippen LogP contribution is 2.32. The fourth-order valence-corrected chi connectivity index (χ4v) is 3.81. The van der Waals surface area contributed by atoms with E-state index in [4.69, 9.17) is 4.74 Å². The van der Waals surface area contributed by atoms with E-state index in [1.54, 1.807) is 4.90 Å². The van der Waals surface area contributed by atoms with Crippen LogP contribution in [0.4, 0.5) is 0 Å². The van der Waals surface area contributed by atoms with E-state index in [-0.39, 0.29) is 5.91 Å². The van der Waals surface area contributed by atoms with Crippen LogP contribution < -0.4 is 4.74 Å². The van der Waals surface area contributed by atoms with Gasteiger partial charge in [-0.2, -0.15) is 0 Å². The van der Waals surface area contributed by atoms with Crippen molar-refractivity contribution in [1.29, 1.82) is 0 Å². The topological polar surface area (TPSA) is 41.9 Å². The number of amidine groups is 1. The molecule has 0 atom stereocenters. The van der Waals surface area contributed by atoms with Crippen LogP contribution in [0.25, 0.3) is 6.08 Å². The van der Waals surface area contributed by atoms with Crippen LogP contribution in [0.3, 0.4) is 0 Å². The second-order valence-corrected chi connectivity index (χ2v) is 7.27. The van der Waals surface area contributed by atoms with E-state index in [2.05, 4.69) is 36.2 Å². The molecule has 0 N–H and O–H groups in total. The zero-order valence-electron chi connectivity index (χ0n) is 15.9. The largest absolute Gasteiger partial charge is 0.489 e. The van der Waals surface area contributed by atoms with E-state index in [1.165, 1.54) is 17.3 Å². The third-order valence-electron chi connectivity index (χ3n) is 4.20. The summed E-state index contributed by atoms with van der Waals surface area (Å²) in [6.45, 7) is 7.86. The molecule has 0 bridgehead atoms. The van der Waals surface area contributed by atoms with Gasteiger partial charge in [-0.05, 0) is 61.9 Å². The van der Waals surface area contributed by atoms with Gasteiger partial charge in [0.2, 0.25) is 0 Å². The molecule has 1 aliphatic rings. The lowest BCUT2D eigenvalue weighted by atomic mass is 10.1. The lowest BCUT2D eigenvalue weighted by Crippen LogP contribution is -2.28. The Morgan fingerprint density at radius 1 is 1.07 bits per heavy atom. The molecule has 3 rings (SSSR count). The number of amides is 1. The van der Waals surface area contributed by atoms with Gasteiger partial charge < -0.3 is 4.74 Å². The van der Waals surface area contributed by atoms with E-state index in [1.807, 2.05) is 44.2 Å². The maximum Gasteiger partial charge on any atom is 0.266 e. The van der Waals surface area contributed by atoms with Gasteiger partial charge in [-0.3, -0.25) is 14.7 Å². The molecule has 27 heavy (non-hydrogen) atoms. The molecule has 1 fully saturated rings. The first-order valence-corrected chi connectivity index (χ1v) is 9.96. The summed E-state index contributed by atoms with van der Waals surface area (Å²) in [6.07, 6.45) is 1.91. The van der Waals surface area contributed by atoms with Crippen LogP contribution in [-0.4, -0.2) is 29.1 Å². The fraction of sp³-hybridized carbons (Fsp3) is 0.273. The molecule has 4 nitrogen and oxygen atoms in total. The minimum atomic E-state index is 0.0226. The van der Waals surface area contributed by atoms with Crippen molar-refractivity contribution in [3.05, 3.63) is 70.1 Å². The Kier molecular flexibility index (Phi) is 6.35. The molecule has 5 heteroatoms. The number of rotatable bonds is 6. The summed E-state index contributed by atoms with van der Waals surface area (Å²) in [6, 6.07) is 16.1. The van der Waals surface area contributed by atoms with Crippen molar-refractivity contribution >= 4 is 28.9 Å². The summed E-state index contributed by atoms with van der Waals surface area (Å²) < 4.78 is 5.84. The SMILES string of the molecule is CCN=C1S/C(=C/c2ccc(OCc3ccc(C)cc3)cc2)C(=O)N1CC. The van der Waals surface area contributed by atoms with Gasteiger partial charge >= 0.3 is 0 Å². The summed E-state index contributed by atoms with van der Waals surface area (Å²) in [5, 5.41) is 0.786. The predicted octanol–water partition coefficient (Wildman–Crippen LogP) is 4.89. The van der Waals surface area contributed by atoms with Crippen molar-refractivity contribution in [3.63, 3.8) is 0 Å². The molecule has 1 heterocycles. The summed E-state index contributed by atoms with van der Waals surface area (Å²) >= 11 is 1.44. The second-order valence-electron chi connectivity index (χ2n) is 6.26. The average molecular weight is 381 g/mol. The van der Waals surface area contributed by atoms with E-state index >= 15 is 0 Å². The summed E-state index contributed by atoms with van der Waals surface area (Å²) in [4.78, 5) is 19.3. The first-order chi connectivity index (χ1) is 13.1. The molecule has 0 radical (unpaired) electrons. The van der Waals surface area contributed by atoms with Crippen molar-refractivity contribution in [3.8, 4) is 5.75 Å². The molecular formula is C22H24N2O2S. The van der Waals surface area contributed by atoms with E-state index < -0.39 is 0 Å². The van der Waals surface area contributed by atoms with Crippen LogP contribution >= 0.6 is 11.8 Å². The second kappa shape index (κ2) is 8.91. The van der Waals surface area contributed by atoms with Gasteiger partial charge in [-0.1, -0.05) is 42.0 Å². The van der Waals surface area contributed by atoms with Crippen LogP contribution in [0.1, 0.15) is 30.5 Å². The maximum absolute atomic E-state index is 12.5. The molecule has 1 amide bonds. The van der Waals surface area contributed by atoms with E-state index in [9.17, 15) is 4.79 Å². The van der Waals surface area contributed by atoms with Crippen LogP contribution in [0, 0.1) is 6.92 Å². The number of carbonyl (C=O) groups excluding carboxylic acids is 1. The molecule has 0 unspecified atom stereocenters. The molecule has 0 saturated carbocycles. The smallest absolute Gasteiger partial charge is 0.266 e. The Morgan fingerprint density at radius 3 is 2.41 bits per heavy atom. The maximum atomic E-state index is 12.5. The summed E-state index contributed by atoms with van der Waals surface area (Å²) in [5.74, 6) is 0.834. The highest BCUT2D eigenvalue weighted by molar-refractivity contribution is 8.18. The Balaban J connectivity index is 1.66. The van der Waals surface area contributed by atoms with Crippen LogP contribution in [0.2, 0.25) is 0 Å². The molecule has 1 aliphatic heterocycles. The van der Waals surface area contributed by atoms with Crippen LogP contribution in [0.15, 0.2) is 58.4 Å². The third kappa shape index (κ3) is 4.80. The Morgan fingerprint density at radius 2 is 1.78 bits per heavy atom.